The third-order valence-electron chi connectivity index (χ3n) is 4.09. The van der Waals surface area contributed by atoms with Crippen LogP contribution in [0.15, 0.2) is 11.8 Å². The van der Waals surface area contributed by atoms with E-state index in [-0.39, 0.29) is 0 Å². The summed E-state index contributed by atoms with van der Waals surface area (Å²) in [6, 6.07) is 0. The van der Waals surface area contributed by atoms with Gasteiger partial charge in [-0.3, -0.25) is 0 Å². The van der Waals surface area contributed by atoms with Crippen LogP contribution in [0.1, 0.15) is 60.3 Å². The Bertz CT molecular complexity index is 349. The van der Waals surface area contributed by atoms with Crippen molar-refractivity contribution in [2.75, 3.05) is 0 Å². The quantitative estimate of drug-likeness (QED) is 0.678. The fourth-order valence-electron chi connectivity index (χ4n) is 2.39. The Kier molecular flexibility index (Phi) is 4.31. The normalized spacial score (nSPS) is 27.1. The molecule has 0 spiro atoms. The first-order chi connectivity index (χ1) is 7.77. The second-order valence-electron chi connectivity index (χ2n) is 6.77. The summed E-state index contributed by atoms with van der Waals surface area (Å²) >= 11 is 0. The first-order valence-electron chi connectivity index (χ1n) is 6.66. The van der Waals surface area contributed by atoms with E-state index in [1.165, 1.54) is 19.3 Å². The predicted molar refractivity (Wildman–Crippen MR) is 75.2 cm³/mol. The molecule has 0 saturated heterocycles. The smallest absolute Gasteiger partial charge is 0.0483 e. The number of allylic oxidation sites excluding steroid dienone is 2. The molecule has 0 bridgehead atoms. The summed E-state index contributed by atoms with van der Waals surface area (Å²) in [6.07, 6.45) is 6.45. The third-order valence-corrected chi connectivity index (χ3v) is 4.09. The summed E-state index contributed by atoms with van der Waals surface area (Å²) in [5, 5.41) is 0. The van der Waals surface area contributed by atoms with Gasteiger partial charge >= 0.3 is 0 Å². The van der Waals surface area contributed by atoms with Crippen molar-refractivity contribution in [1.29, 1.82) is 0 Å². The van der Waals surface area contributed by atoms with Gasteiger partial charge in [0.2, 0.25) is 0 Å². The maximum absolute atomic E-state index is 5.77. The van der Waals surface area contributed by atoms with E-state index in [1.54, 1.807) is 0 Å². The lowest BCUT2D eigenvalue weighted by molar-refractivity contribution is 0.0890. The van der Waals surface area contributed by atoms with Gasteiger partial charge in [-0.1, -0.05) is 45.6 Å². The van der Waals surface area contributed by atoms with Gasteiger partial charge in [-0.2, -0.15) is 0 Å². The summed E-state index contributed by atoms with van der Waals surface area (Å²) in [4.78, 5) is 0. The maximum atomic E-state index is 5.77. The predicted octanol–water partition coefficient (Wildman–Crippen LogP) is 4.09. The highest BCUT2D eigenvalue weighted by Crippen LogP contribution is 2.48. The first kappa shape index (κ1) is 14.2. The summed E-state index contributed by atoms with van der Waals surface area (Å²) in [7, 11) is 0. The standard InChI is InChI=1S/C16H27N/c1-6-14(17)9-7-8-13-12-15(2,3)10-11-16(13,4)5/h6,13H,9-12,17H2,1-5H3/b14-6+. The van der Waals surface area contributed by atoms with Crippen LogP contribution in [0.25, 0.3) is 0 Å². The van der Waals surface area contributed by atoms with Gasteiger partial charge in [-0.25, -0.2) is 0 Å². The fraction of sp³-hybridized carbons (Fsp3) is 0.750. The molecule has 1 rings (SSSR count). The molecular formula is C16H27N. The minimum atomic E-state index is 0.354. The van der Waals surface area contributed by atoms with E-state index >= 15 is 0 Å². The highest BCUT2D eigenvalue weighted by molar-refractivity contribution is 5.15. The van der Waals surface area contributed by atoms with Crippen molar-refractivity contribution < 1.29 is 0 Å². The van der Waals surface area contributed by atoms with Crippen molar-refractivity contribution in [2.45, 2.75) is 60.3 Å². The van der Waals surface area contributed by atoms with Crippen LogP contribution in [0, 0.1) is 28.6 Å². The van der Waals surface area contributed by atoms with E-state index in [9.17, 15) is 0 Å². The van der Waals surface area contributed by atoms with Crippen LogP contribution in [0.4, 0.5) is 0 Å². The van der Waals surface area contributed by atoms with Crippen molar-refractivity contribution >= 4 is 0 Å². The SMILES string of the molecule is C/C=C(/N)CC#CC1CC(C)(C)CCC1(C)C. The highest BCUT2D eigenvalue weighted by atomic mass is 14.6. The summed E-state index contributed by atoms with van der Waals surface area (Å²) in [6.45, 7) is 11.4. The Balaban J connectivity index is 2.72. The molecule has 0 aliphatic heterocycles. The van der Waals surface area contributed by atoms with Crippen LogP contribution in [-0.4, -0.2) is 0 Å². The van der Waals surface area contributed by atoms with E-state index in [2.05, 4.69) is 39.5 Å². The molecule has 1 aliphatic rings. The van der Waals surface area contributed by atoms with Crippen LogP contribution in [0.2, 0.25) is 0 Å². The molecule has 1 heteroatoms. The Hall–Kier alpha value is -0.900. The second kappa shape index (κ2) is 5.17. The van der Waals surface area contributed by atoms with Gasteiger partial charge in [-0.15, -0.1) is 0 Å². The van der Waals surface area contributed by atoms with Crippen molar-refractivity contribution in [3.05, 3.63) is 11.8 Å². The zero-order chi connectivity index (χ0) is 13.1. The van der Waals surface area contributed by atoms with Gasteiger partial charge in [0.25, 0.3) is 0 Å². The summed E-state index contributed by atoms with van der Waals surface area (Å²) in [5.74, 6) is 7.23. The van der Waals surface area contributed by atoms with Gasteiger partial charge in [0.15, 0.2) is 0 Å². The van der Waals surface area contributed by atoms with Crippen LogP contribution in [0.5, 0.6) is 0 Å². The average Bonchev–Trinajstić information content (AvgIpc) is 2.23. The van der Waals surface area contributed by atoms with Crippen LogP contribution in [-0.2, 0) is 0 Å². The molecule has 1 atom stereocenters. The van der Waals surface area contributed by atoms with Crippen molar-refractivity contribution in [2.24, 2.45) is 22.5 Å². The lowest BCUT2D eigenvalue weighted by Gasteiger charge is -2.43. The molecule has 96 valence electrons. The molecule has 0 aromatic carbocycles. The van der Waals surface area contributed by atoms with E-state index in [1.807, 2.05) is 13.0 Å². The summed E-state index contributed by atoms with van der Waals surface area (Å²) in [5.41, 5.74) is 7.45. The monoisotopic (exact) mass is 233 g/mol. The van der Waals surface area contributed by atoms with E-state index in [4.69, 9.17) is 5.73 Å². The van der Waals surface area contributed by atoms with E-state index in [0.717, 1.165) is 5.70 Å². The molecule has 0 radical (unpaired) electrons. The Morgan fingerprint density at radius 1 is 1.29 bits per heavy atom. The van der Waals surface area contributed by atoms with E-state index < -0.39 is 0 Å². The number of hydrogen-bond donors (Lipinski definition) is 1. The van der Waals surface area contributed by atoms with Gasteiger partial charge in [-0.05, 0) is 37.0 Å². The molecule has 1 nitrogen and oxygen atoms in total. The molecule has 1 aliphatic carbocycles. The molecule has 1 saturated carbocycles. The molecule has 2 N–H and O–H groups in total. The lowest BCUT2D eigenvalue weighted by Crippen LogP contribution is -2.34. The third kappa shape index (κ3) is 4.11. The minimum absolute atomic E-state index is 0.354. The number of nitrogens with two attached hydrogens (primary N) is 1. The van der Waals surface area contributed by atoms with Crippen molar-refractivity contribution in [3.8, 4) is 11.8 Å². The Labute approximate surface area is 107 Å². The van der Waals surface area contributed by atoms with Crippen molar-refractivity contribution in [3.63, 3.8) is 0 Å². The highest BCUT2D eigenvalue weighted by Gasteiger charge is 2.38. The zero-order valence-corrected chi connectivity index (χ0v) is 12.1. The van der Waals surface area contributed by atoms with Gasteiger partial charge in [0, 0.05) is 18.0 Å². The fourth-order valence-corrected chi connectivity index (χ4v) is 2.39. The molecule has 1 unspecified atom stereocenters. The molecular weight excluding hydrogens is 206 g/mol. The van der Waals surface area contributed by atoms with Gasteiger partial charge in [0.05, 0.1) is 0 Å². The minimum Gasteiger partial charge on any atom is -0.402 e. The molecule has 0 aromatic heterocycles. The zero-order valence-electron chi connectivity index (χ0n) is 12.1. The average molecular weight is 233 g/mol. The van der Waals surface area contributed by atoms with Crippen LogP contribution >= 0.6 is 0 Å². The maximum Gasteiger partial charge on any atom is 0.0483 e. The second-order valence-corrected chi connectivity index (χ2v) is 6.77. The lowest BCUT2D eigenvalue weighted by atomic mass is 9.61. The molecule has 0 aromatic rings. The van der Waals surface area contributed by atoms with E-state index in [0.29, 0.717) is 23.2 Å². The number of hydrogen-bond acceptors (Lipinski definition) is 1. The van der Waals surface area contributed by atoms with Crippen LogP contribution in [0.3, 0.4) is 0 Å². The first-order valence-corrected chi connectivity index (χ1v) is 6.66. The molecule has 0 amide bonds. The molecule has 0 heterocycles. The summed E-state index contributed by atoms with van der Waals surface area (Å²) < 4.78 is 0. The van der Waals surface area contributed by atoms with Gasteiger partial charge < -0.3 is 5.73 Å². The topological polar surface area (TPSA) is 26.0 Å². The van der Waals surface area contributed by atoms with Gasteiger partial charge in [0.1, 0.15) is 0 Å². The molecule has 17 heavy (non-hydrogen) atoms. The van der Waals surface area contributed by atoms with Crippen molar-refractivity contribution in [1.82, 2.24) is 0 Å². The Morgan fingerprint density at radius 2 is 1.94 bits per heavy atom. The largest absolute Gasteiger partial charge is 0.402 e. The Morgan fingerprint density at radius 3 is 2.53 bits per heavy atom. The molecule has 1 fully saturated rings. The van der Waals surface area contributed by atoms with Crippen LogP contribution < -0.4 is 5.73 Å². The number of rotatable bonds is 1.